The molecule has 7 rings (SSSR count). The number of hydrogen-bond donors (Lipinski definition) is 2. The molecule has 2 N–H and O–H groups in total. The zero-order valence-corrected chi connectivity index (χ0v) is 30.6. The largest absolute Gasteiger partial charge is 0.497 e. The van der Waals surface area contributed by atoms with Gasteiger partial charge in [-0.15, -0.1) is 0 Å². The van der Waals surface area contributed by atoms with E-state index in [1.54, 1.807) is 26.2 Å². The molecule has 1 aromatic heterocycles. The number of allylic oxidation sites excluding steroid dienone is 1. The minimum atomic E-state index is -3.85. The second kappa shape index (κ2) is 13.9. The quantitative estimate of drug-likeness (QED) is 0.326. The molecule has 15 heteroatoms. The fourth-order valence-electron chi connectivity index (χ4n) is 7.12. The Morgan fingerprint density at radius 2 is 1.81 bits per heavy atom. The summed E-state index contributed by atoms with van der Waals surface area (Å²) < 4.78 is 45.3. The van der Waals surface area contributed by atoms with Crippen molar-refractivity contribution in [3.63, 3.8) is 0 Å². The standard InChI is InChI=1S/C37H44N6O8S/c1-22-30(50-4)17-16-28-31(22)38-32(23-10-12-25(49-3)13-11-23)39-34(28)51-26-19-29-33(44)40-37(35(45)41-52(47,48)27-14-15-27)20-24(37)9-7-5-6-8-18-42(2)36(46)43(29)21-26/h7,9-13,16-17,24,26-27,29H,5-6,8,14-15,18-21H2,1-4H3,(H,40,44)(H,41,45)/b9-7+/t24-,26-,29+,37-/m1/s1. The molecule has 2 aromatic carbocycles. The third-order valence-corrected chi connectivity index (χ3v) is 12.3. The molecule has 4 atom stereocenters. The number of fused-ring (bicyclic) bond motifs is 3. The molecule has 2 aliphatic carbocycles. The maximum absolute atomic E-state index is 14.2. The summed E-state index contributed by atoms with van der Waals surface area (Å²) in [5, 5.41) is 2.94. The van der Waals surface area contributed by atoms with Gasteiger partial charge >= 0.3 is 6.03 Å². The molecule has 1 saturated heterocycles. The smallest absolute Gasteiger partial charge is 0.320 e. The molecule has 3 fully saturated rings. The molecule has 14 nitrogen and oxygen atoms in total. The maximum atomic E-state index is 14.2. The van der Waals surface area contributed by atoms with E-state index >= 15 is 0 Å². The van der Waals surface area contributed by atoms with Gasteiger partial charge in [-0.1, -0.05) is 12.2 Å². The van der Waals surface area contributed by atoms with E-state index in [1.165, 1.54) is 4.90 Å². The van der Waals surface area contributed by atoms with E-state index in [9.17, 15) is 22.8 Å². The van der Waals surface area contributed by atoms with Crippen LogP contribution in [-0.4, -0.2) is 103 Å². The zero-order chi connectivity index (χ0) is 36.8. The molecule has 276 valence electrons. The third kappa shape index (κ3) is 6.85. The normalized spacial score (nSPS) is 25.7. The van der Waals surface area contributed by atoms with Gasteiger partial charge in [-0.25, -0.2) is 18.2 Å². The maximum Gasteiger partial charge on any atom is 0.320 e. The van der Waals surface area contributed by atoms with Crippen LogP contribution >= 0.6 is 0 Å². The second-order valence-corrected chi connectivity index (χ2v) is 16.0. The number of carbonyl (C=O) groups excluding carboxylic acids is 3. The number of aromatic nitrogens is 2. The summed E-state index contributed by atoms with van der Waals surface area (Å²) in [4.78, 5) is 54.5. The Balaban J connectivity index is 1.21. The highest BCUT2D eigenvalue weighted by Crippen LogP contribution is 2.46. The van der Waals surface area contributed by atoms with Crippen molar-refractivity contribution in [2.75, 3.05) is 34.4 Å². The van der Waals surface area contributed by atoms with Crippen molar-refractivity contribution in [2.24, 2.45) is 5.92 Å². The summed E-state index contributed by atoms with van der Waals surface area (Å²) in [5.74, 6) is 0.351. The summed E-state index contributed by atoms with van der Waals surface area (Å²) in [5.41, 5.74) is 0.713. The molecule has 0 bridgehead atoms. The van der Waals surface area contributed by atoms with Crippen LogP contribution in [0.3, 0.4) is 0 Å². The minimum Gasteiger partial charge on any atom is -0.497 e. The second-order valence-electron chi connectivity index (χ2n) is 14.1. The molecule has 4 amide bonds. The predicted octanol–water partition coefficient (Wildman–Crippen LogP) is 3.72. The molecule has 4 aliphatic rings. The van der Waals surface area contributed by atoms with Gasteiger partial charge in [0.25, 0.3) is 5.91 Å². The number of amides is 4. The lowest BCUT2D eigenvalue weighted by Gasteiger charge is -2.30. The lowest BCUT2D eigenvalue weighted by molar-refractivity contribution is -0.131. The van der Waals surface area contributed by atoms with E-state index in [-0.39, 0.29) is 37.2 Å². The van der Waals surface area contributed by atoms with Gasteiger partial charge in [0.2, 0.25) is 21.8 Å². The van der Waals surface area contributed by atoms with E-state index in [0.29, 0.717) is 47.6 Å². The number of benzene rings is 2. The van der Waals surface area contributed by atoms with Crippen LogP contribution in [0.4, 0.5) is 4.79 Å². The number of methoxy groups -OCH3 is 2. The van der Waals surface area contributed by atoms with Gasteiger partial charge in [0.15, 0.2) is 5.82 Å². The summed E-state index contributed by atoms with van der Waals surface area (Å²) in [6, 6.07) is 9.65. The third-order valence-electron chi connectivity index (χ3n) is 10.5. The van der Waals surface area contributed by atoms with Crippen LogP contribution in [0.2, 0.25) is 0 Å². The minimum absolute atomic E-state index is 0.0817. The molecular formula is C37H44N6O8S. The first-order chi connectivity index (χ1) is 24.9. The van der Waals surface area contributed by atoms with Crippen molar-refractivity contribution in [1.82, 2.24) is 29.8 Å². The van der Waals surface area contributed by atoms with Crippen molar-refractivity contribution in [1.29, 1.82) is 0 Å². The Bertz CT molecular complexity index is 2040. The SMILES string of the molecule is COc1ccc(-c2nc(O[C@@H]3C[C@H]4C(=O)N[C@]5(C(=O)NS(=O)(=O)C6CC6)C[C@H]5/C=C/CCCCN(C)C(=O)N4C3)c3ccc(OC)c(C)c3n2)cc1. The van der Waals surface area contributed by atoms with E-state index in [2.05, 4.69) is 10.0 Å². The molecule has 2 aliphatic heterocycles. The average molecular weight is 733 g/mol. The number of nitrogens with zero attached hydrogens (tertiary/aromatic N) is 4. The van der Waals surface area contributed by atoms with Gasteiger partial charge in [0.05, 0.1) is 36.9 Å². The first kappa shape index (κ1) is 35.5. The summed E-state index contributed by atoms with van der Waals surface area (Å²) in [6.07, 6.45) is 6.85. The number of urea groups is 1. The van der Waals surface area contributed by atoms with E-state index in [1.807, 2.05) is 55.5 Å². The number of aryl methyl sites for hydroxylation is 1. The van der Waals surface area contributed by atoms with Crippen LogP contribution in [0.5, 0.6) is 17.4 Å². The Morgan fingerprint density at radius 3 is 2.52 bits per heavy atom. The fourth-order valence-corrected chi connectivity index (χ4v) is 8.48. The van der Waals surface area contributed by atoms with Gasteiger partial charge in [-0.2, -0.15) is 4.98 Å². The molecule has 0 spiro atoms. The van der Waals surface area contributed by atoms with Crippen LogP contribution in [0, 0.1) is 12.8 Å². The van der Waals surface area contributed by atoms with Gasteiger partial charge in [0.1, 0.15) is 29.2 Å². The van der Waals surface area contributed by atoms with E-state index in [0.717, 1.165) is 30.4 Å². The Labute approximate surface area is 302 Å². The highest BCUT2D eigenvalue weighted by atomic mass is 32.2. The summed E-state index contributed by atoms with van der Waals surface area (Å²) >= 11 is 0. The number of nitrogens with one attached hydrogen (secondary N) is 2. The molecule has 2 saturated carbocycles. The molecule has 52 heavy (non-hydrogen) atoms. The van der Waals surface area contributed by atoms with Crippen molar-refractivity contribution < 1.29 is 37.0 Å². The summed E-state index contributed by atoms with van der Waals surface area (Å²) in [7, 11) is 1.04. The highest BCUT2D eigenvalue weighted by Gasteiger charge is 2.62. The van der Waals surface area contributed by atoms with Crippen molar-refractivity contribution in [2.45, 2.75) is 74.8 Å². The Kier molecular flexibility index (Phi) is 9.48. The molecule has 0 radical (unpaired) electrons. The van der Waals surface area contributed by atoms with Crippen LogP contribution in [-0.2, 0) is 19.6 Å². The van der Waals surface area contributed by atoms with Gasteiger partial charge in [-0.3, -0.25) is 14.3 Å². The van der Waals surface area contributed by atoms with Gasteiger partial charge < -0.3 is 29.3 Å². The fraction of sp³-hybridized carbons (Fsp3) is 0.486. The zero-order valence-electron chi connectivity index (χ0n) is 29.8. The number of ether oxygens (including phenoxy) is 3. The van der Waals surface area contributed by atoms with E-state index in [4.69, 9.17) is 24.2 Å². The lowest BCUT2D eigenvalue weighted by atomic mass is 10.1. The topological polar surface area (TPSA) is 169 Å². The van der Waals surface area contributed by atoms with E-state index < -0.39 is 44.8 Å². The van der Waals surface area contributed by atoms with Crippen LogP contribution < -0.4 is 24.2 Å². The van der Waals surface area contributed by atoms with Gasteiger partial charge in [0, 0.05) is 37.1 Å². The van der Waals surface area contributed by atoms with Crippen molar-refractivity contribution >= 4 is 38.8 Å². The lowest BCUT2D eigenvalue weighted by Crippen LogP contribution is -2.57. The number of rotatable bonds is 8. The molecule has 0 unspecified atom stereocenters. The average Bonchev–Trinajstić information content (AvgIpc) is 4.06. The first-order valence-corrected chi connectivity index (χ1v) is 19.2. The monoisotopic (exact) mass is 732 g/mol. The van der Waals surface area contributed by atoms with Crippen molar-refractivity contribution in [3.05, 3.63) is 54.1 Å². The van der Waals surface area contributed by atoms with Crippen molar-refractivity contribution in [3.8, 4) is 28.8 Å². The number of sulfonamides is 1. The Morgan fingerprint density at radius 1 is 1.04 bits per heavy atom. The first-order valence-electron chi connectivity index (χ1n) is 17.7. The van der Waals surface area contributed by atoms with Crippen LogP contribution in [0.25, 0.3) is 22.3 Å². The Hall–Kier alpha value is -4.92. The van der Waals surface area contributed by atoms with Crippen LogP contribution in [0.1, 0.15) is 50.5 Å². The highest BCUT2D eigenvalue weighted by molar-refractivity contribution is 7.91. The number of carbonyl (C=O) groups is 3. The number of hydrogen-bond acceptors (Lipinski definition) is 10. The summed E-state index contributed by atoms with van der Waals surface area (Å²) in [6.45, 7) is 2.49. The molecular weight excluding hydrogens is 689 g/mol. The predicted molar refractivity (Wildman–Crippen MR) is 192 cm³/mol. The van der Waals surface area contributed by atoms with Gasteiger partial charge in [-0.05, 0) is 81.8 Å². The van der Waals surface area contributed by atoms with Crippen LogP contribution in [0.15, 0.2) is 48.6 Å². The molecule has 3 heterocycles. The molecule has 3 aromatic rings.